The van der Waals surface area contributed by atoms with Gasteiger partial charge in [-0.25, -0.2) is 0 Å². The number of carbonyl (C=O) groups excluding carboxylic acids is 1. The van der Waals surface area contributed by atoms with Gasteiger partial charge in [-0.15, -0.1) is 0 Å². The van der Waals surface area contributed by atoms with Gasteiger partial charge in [0.25, 0.3) is 0 Å². The van der Waals surface area contributed by atoms with Crippen LogP contribution in [-0.4, -0.2) is 27.1 Å². The molecule has 0 aliphatic carbocycles. The predicted molar refractivity (Wildman–Crippen MR) is 98.6 cm³/mol. The van der Waals surface area contributed by atoms with Crippen molar-refractivity contribution in [2.45, 2.75) is 47.2 Å². The highest BCUT2D eigenvalue weighted by molar-refractivity contribution is 5.91. The van der Waals surface area contributed by atoms with Gasteiger partial charge in [-0.2, -0.15) is 5.10 Å². The molecule has 128 valence electrons. The quantitative estimate of drug-likeness (QED) is 0.722. The molecular formula is C20H27N3O. The Labute approximate surface area is 144 Å². The van der Waals surface area contributed by atoms with E-state index in [2.05, 4.69) is 25.9 Å². The molecule has 0 fully saturated rings. The SMILES string of the molecule is CCCN(Cc1c(C)nn(CC)c1C)C(=O)/C=C/c1ccccc1. The zero-order valence-electron chi connectivity index (χ0n) is 15.1. The smallest absolute Gasteiger partial charge is 0.246 e. The molecule has 1 amide bonds. The Hall–Kier alpha value is -2.36. The van der Waals surface area contributed by atoms with Crippen LogP contribution in [-0.2, 0) is 17.9 Å². The zero-order chi connectivity index (χ0) is 17.5. The molecule has 0 saturated heterocycles. The van der Waals surface area contributed by atoms with E-state index in [4.69, 9.17) is 0 Å². The lowest BCUT2D eigenvalue weighted by Crippen LogP contribution is -2.30. The van der Waals surface area contributed by atoms with Crippen molar-refractivity contribution in [1.82, 2.24) is 14.7 Å². The number of aryl methyl sites for hydroxylation is 2. The maximum Gasteiger partial charge on any atom is 0.246 e. The van der Waals surface area contributed by atoms with Crippen molar-refractivity contribution in [3.8, 4) is 0 Å². The van der Waals surface area contributed by atoms with Crippen molar-refractivity contribution in [3.05, 3.63) is 58.9 Å². The summed E-state index contributed by atoms with van der Waals surface area (Å²) in [4.78, 5) is 14.5. The summed E-state index contributed by atoms with van der Waals surface area (Å²) in [6, 6.07) is 9.90. The van der Waals surface area contributed by atoms with E-state index in [1.54, 1.807) is 6.08 Å². The summed E-state index contributed by atoms with van der Waals surface area (Å²) in [6.07, 6.45) is 4.48. The van der Waals surface area contributed by atoms with Gasteiger partial charge in [-0.1, -0.05) is 37.3 Å². The summed E-state index contributed by atoms with van der Waals surface area (Å²) < 4.78 is 2.00. The molecule has 0 bridgehead atoms. The molecule has 4 nitrogen and oxygen atoms in total. The number of rotatable bonds is 7. The maximum absolute atomic E-state index is 12.6. The van der Waals surface area contributed by atoms with Crippen LogP contribution in [0, 0.1) is 13.8 Å². The second-order valence-electron chi connectivity index (χ2n) is 5.97. The maximum atomic E-state index is 12.6. The highest BCUT2D eigenvalue weighted by atomic mass is 16.2. The van der Waals surface area contributed by atoms with Crippen molar-refractivity contribution in [2.24, 2.45) is 0 Å². The van der Waals surface area contributed by atoms with Crippen LogP contribution in [0.1, 0.15) is 42.8 Å². The third-order valence-corrected chi connectivity index (χ3v) is 4.20. The summed E-state index contributed by atoms with van der Waals surface area (Å²) in [7, 11) is 0. The first kappa shape index (κ1) is 18.0. The molecule has 0 aliphatic rings. The molecule has 0 atom stereocenters. The molecule has 0 spiro atoms. The lowest BCUT2D eigenvalue weighted by Gasteiger charge is -2.21. The van der Waals surface area contributed by atoms with Crippen LogP contribution in [0.3, 0.4) is 0 Å². The summed E-state index contributed by atoms with van der Waals surface area (Å²) in [5.41, 5.74) is 4.35. The minimum atomic E-state index is 0.0451. The van der Waals surface area contributed by atoms with Crippen LogP contribution >= 0.6 is 0 Å². The third kappa shape index (κ3) is 4.34. The van der Waals surface area contributed by atoms with Gasteiger partial charge < -0.3 is 4.90 Å². The Kier molecular flexibility index (Phi) is 6.36. The van der Waals surface area contributed by atoms with E-state index < -0.39 is 0 Å². The Morgan fingerprint density at radius 3 is 2.50 bits per heavy atom. The molecule has 0 radical (unpaired) electrons. The molecule has 2 rings (SSSR count). The standard InChI is InChI=1S/C20H27N3O/c1-5-14-22(15-19-16(3)21-23(6-2)17(19)4)20(24)13-12-18-10-8-7-9-11-18/h7-13H,5-6,14-15H2,1-4H3/b13-12+. The molecule has 2 aromatic rings. The second kappa shape index (κ2) is 8.48. The van der Waals surface area contributed by atoms with Crippen molar-refractivity contribution < 1.29 is 4.79 Å². The number of nitrogens with zero attached hydrogens (tertiary/aromatic N) is 3. The van der Waals surface area contributed by atoms with Gasteiger partial charge in [0, 0.05) is 37.0 Å². The minimum Gasteiger partial charge on any atom is -0.335 e. The molecular weight excluding hydrogens is 298 g/mol. The molecule has 1 heterocycles. The van der Waals surface area contributed by atoms with Gasteiger partial charge >= 0.3 is 0 Å². The molecule has 1 aromatic carbocycles. The van der Waals surface area contributed by atoms with Crippen LogP contribution < -0.4 is 0 Å². The van der Waals surface area contributed by atoms with Gasteiger partial charge in [-0.3, -0.25) is 9.48 Å². The fraction of sp³-hybridized carbons (Fsp3) is 0.400. The van der Waals surface area contributed by atoms with Gasteiger partial charge in [0.2, 0.25) is 5.91 Å². The number of carbonyl (C=O) groups is 1. The topological polar surface area (TPSA) is 38.1 Å². The Morgan fingerprint density at radius 2 is 1.92 bits per heavy atom. The third-order valence-electron chi connectivity index (χ3n) is 4.20. The summed E-state index contributed by atoms with van der Waals surface area (Å²) >= 11 is 0. The van der Waals surface area contributed by atoms with Gasteiger partial charge in [-0.05, 0) is 38.8 Å². The first-order chi connectivity index (χ1) is 11.6. The van der Waals surface area contributed by atoms with Crippen LogP contribution in [0.5, 0.6) is 0 Å². The van der Waals surface area contributed by atoms with Crippen molar-refractivity contribution in [2.75, 3.05) is 6.54 Å². The highest BCUT2D eigenvalue weighted by Crippen LogP contribution is 2.16. The second-order valence-corrected chi connectivity index (χ2v) is 5.97. The van der Waals surface area contributed by atoms with Crippen LogP contribution in [0.25, 0.3) is 6.08 Å². The van der Waals surface area contributed by atoms with Gasteiger partial charge in [0.1, 0.15) is 0 Å². The average molecular weight is 325 g/mol. The predicted octanol–water partition coefficient (Wildman–Crippen LogP) is 3.97. The number of hydrogen-bond donors (Lipinski definition) is 0. The van der Waals surface area contributed by atoms with E-state index in [1.807, 2.05) is 52.9 Å². The fourth-order valence-corrected chi connectivity index (χ4v) is 2.84. The van der Waals surface area contributed by atoms with Crippen molar-refractivity contribution in [3.63, 3.8) is 0 Å². The van der Waals surface area contributed by atoms with Crippen molar-refractivity contribution in [1.29, 1.82) is 0 Å². The van der Waals surface area contributed by atoms with Crippen LogP contribution in [0.15, 0.2) is 36.4 Å². The summed E-state index contributed by atoms with van der Waals surface area (Å²) in [5, 5.41) is 4.56. The van der Waals surface area contributed by atoms with E-state index in [1.165, 1.54) is 0 Å². The lowest BCUT2D eigenvalue weighted by atomic mass is 10.1. The summed E-state index contributed by atoms with van der Waals surface area (Å²) in [5.74, 6) is 0.0451. The normalized spacial score (nSPS) is 11.2. The van der Waals surface area contributed by atoms with E-state index in [9.17, 15) is 4.79 Å². The largest absolute Gasteiger partial charge is 0.335 e. The molecule has 4 heteroatoms. The fourth-order valence-electron chi connectivity index (χ4n) is 2.84. The minimum absolute atomic E-state index is 0.0451. The Balaban J connectivity index is 2.15. The number of aromatic nitrogens is 2. The number of amides is 1. The highest BCUT2D eigenvalue weighted by Gasteiger charge is 2.17. The first-order valence-corrected chi connectivity index (χ1v) is 8.61. The molecule has 0 N–H and O–H groups in total. The number of hydrogen-bond acceptors (Lipinski definition) is 2. The molecule has 0 aliphatic heterocycles. The van der Waals surface area contributed by atoms with E-state index in [0.717, 1.165) is 42.0 Å². The first-order valence-electron chi connectivity index (χ1n) is 8.61. The lowest BCUT2D eigenvalue weighted by molar-refractivity contribution is -0.126. The molecule has 1 aromatic heterocycles. The molecule has 0 saturated carbocycles. The Bertz CT molecular complexity index is 701. The monoisotopic (exact) mass is 325 g/mol. The van der Waals surface area contributed by atoms with E-state index >= 15 is 0 Å². The van der Waals surface area contributed by atoms with E-state index in [0.29, 0.717) is 6.54 Å². The van der Waals surface area contributed by atoms with Gasteiger partial charge in [0.15, 0.2) is 0 Å². The molecule has 24 heavy (non-hydrogen) atoms. The van der Waals surface area contributed by atoms with Crippen molar-refractivity contribution >= 4 is 12.0 Å². The summed E-state index contributed by atoms with van der Waals surface area (Å²) in [6.45, 7) is 10.5. The average Bonchev–Trinajstić information content (AvgIpc) is 2.87. The zero-order valence-corrected chi connectivity index (χ0v) is 15.1. The van der Waals surface area contributed by atoms with Crippen LogP contribution in [0.2, 0.25) is 0 Å². The number of benzene rings is 1. The Morgan fingerprint density at radius 1 is 1.21 bits per heavy atom. The van der Waals surface area contributed by atoms with Gasteiger partial charge in [0.05, 0.1) is 5.69 Å². The van der Waals surface area contributed by atoms with E-state index in [-0.39, 0.29) is 5.91 Å². The molecule has 0 unspecified atom stereocenters. The van der Waals surface area contributed by atoms with Crippen LogP contribution in [0.4, 0.5) is 0 Å².